The largest absolute Gasteiger partial charge is 0.227 e. The Balaban J connectivity index is 0.000000280. The van der Waals surface area contributed by atoms with E-state index in [1.165, 1.54) is 38.7 Å². The summed E-state index contributed by atoms with van der Waals surface area (Å²) in [5.41, 5.74) is 6.59. The van der Waals surface area contributed by atoms with Crippen LogP contribution in [0, 0.1) is 10.2 Å². The van der Waals surface area contributed by atoms with Gasteiger partial charge in [-0.15, -0.1) is 0 Å². The first-order valence-electron chi connectivity index (χ1n) is 7.55. The van der Waals surface area contributed by atoms with E-state index in [0.29, 0.717) is 0 Å². The summed E-state index contributed by atoms with van der Waals surface area (Å²) in [5, 5.41) is 2.69. The number of pyridine rings is 2. The summed E-state index contributed by atoms with van der Waals surface area (Å²) in [5.74, 6) is 0. The van der Waals surface area contributed by atoms with E-state index in [2.05, 4.69) is 77.3 Å². The maximum Gasteiger partial charge on any atom is 0.227 e. The van der Waals surface area contributed by atoms with Gasteiger partial charge in [-0.1, -0.05) is 36.4 Å². The first-order valence-corrected chi connectivity index (χ1v) is 8.88. The van der Waals surface area contributed by atoms with Gasteiger partial charge in [0.15, 0.2) is 6.20 Å². The smallest absolute Gasteiger partial charge is 0.159 e. The molecule has 0 bridgehead atoms. The van der Waals surface area contributed by atoms with Gasteiger partial charge in [0.2, 0.25) is 11.2 Å². The van der Waals surface area contributed by atoms with Gasteiger partial charge in [-0.05, 0) is 28.6 Å². The fraction of sp³-hybridized carbons (Fsp3) is 0. The molecule has 0 radical (unpaired) electrons. The van der Waals surface area contributed by atoms with Crippen molar-refractivity contribution in [2.45, 2.75) is 0 Å². The van der Waals surface area contributed by atoms with E-state index in [0.717, 1.165) is 0 Å². The molecule has 2 heterocycles. The molecule has 5 rings (SSSR count). The van der Waals surface area contributed by atoms with Crippen LogP contribution in [-0.2, 0) is 0 Å². The van der Waals surface area contributed by atoms with E-state index in [9.17, 15) is 0 Å². The summed E-state index contributed by atoms with van der Waals surface area (Å²) >= 11 is 0. The number of rotatable bonds is 0. The van der Waals surface area contributed by atoms with E-state index >= 15 is 0 Å². The molecule has 0 unspecified atom stereocenters. The Hall–Kier alpha value is -2.54. The van der Waals surface area contributed by atoms with Gasteiger partial charge >= 0.3 is 28.9 Å². The number of halogens is 1. The monoisotopic (exact) mass is 356 g/mol. The topological polar surface area (TPSA) is 87.8 Å². The van der Waals surface area contributed by atoms with Gasteiger partial charge in [-0.3, -0.25) is 0 Å². The van der Waals surface area contributed by atoms with Crippen molar-refractivity contribution >= 4 is 16.3 Å². The molecule has 0 atom stereocenters. The van der Waals surface area contributed by atoms with E-state index in [4.69, 9.17) is 18.6 Å². The number of fused-ring (bicyclic) bond motifs is 5. The van der Waals surface area contributed by atoms with Gasteiger partial charge < -0.3 is 0 Å². The molecule has 0 saturated carbocycles. The van der Waals surface area contributed by atoms with Crippen molar-refractivity contribution in [3.05, 3.63) is 72.9 Å². The molecule has 2 aromatic carbocycles. The van der Waals surface area contributed by atoms with Crippen LogP contribution in [0.25, 0.3) is 38.7 Å². The van der Waals surface area contributed by atoms with Crippen LogP contribution in [0.15, 0.2) is 72.9 Å². The minimum absolute atomic E-state index is 1.24. The second-order valence-corrected chi connectivity index (χ2v) is 6.61. The van der Waals surface area contributed by atoms with Crippen molar-refractivity contribution in [3.63, 3.8) is 0 Å². The van der Waals surface area contributed by atoms with Gasteiger partial charge in [-0.25, -0.2) is 0 Å². The summed E-state index contributed by atoms with van der Waals surface area (Å²) in [6, 6.07) is 23.9. The Labute approximate surface area is 145 Å². The van der Waals surface area contributed by atoms with Crippen LogP contribution in [0.4, 0.5) is 0 Å². The van der Waals surface area contributed by atoms with Crippen LogP contribution in [0.2, 0.25) is 0 Å². The Morgan fingerprint density at radius 2 is 1.40 bits per heavy atom. The summed E-state index contributed by atoms with van der Waals surface area (Å²) in [6.45, 7) is 0. The average Bonchev–Trinajstić information content (AvgIpc) is 2.91. The van der Waals surface area contributed by atoms with Gasteiger partial charge in [0.1, 0.15) is 0 Å². The number of hydrogen-bond donors (Lipinski definition) is 3. The molecule has 25 heavy (non-hydrogen) atoms. The van der Waals surface area contributed by atoms with Crippen molar-refractivity contribution in [1.82, 2.24) is 0 Å². The van der Waals surface area contributed by atoms with Crippen LogP contribution in [0.3, 0.4) is 0 Å². The molecular formula is C19H15ClNO4+. The molecule has 0 saturated heterocycles. The summed E-state index contributed by atoms with van der Waals surface area (Å²) < 4.78 is 32.5. The van der Waals surface area contributed by atoms with Crippen LogP contribution in [0.1, 0.15) is 0 Å². The zero-order valence-corrected chi connectivity index (χ0v) is 13.8. The molecule has 4 aromatic rings. The van der Waals surface area contributed by atoms with Crippen molar-refractivity contribution in [2.75, 3.05) is 0 Å². The molecule has 5 nitrogen and oxygen atoms in total. The van der Waals surface area contributed by atoms with E-state index in [-0.39, 0.29) is 0 Å². The Morgan fingerprint density at radius 3 is 2.16 bits per heavy atom. The van der Waals surface area contributed by atoms with E-state index in [1.54, 1.807) is 0 Å². The van der Waals surface area contributed by atoms with Gasteiger partial charge in [0, 0.05) is 18.2 Å². The van der Waals surface area contributed by atoms with Crippen LogP contribution < -0.4 is 9.06 Å². The minimum atomic E-state index is -4.19. The maximum absolute atomic E-state index is 8.83. The van der Waals surface area contributed by atoms with E-state index < -0.39 is 10.2 Å². The molecule has 0 aliphatic heterocycles. The number of hydrogen-bond acceptors (Lipinski definition) is 4. The molecule has 1 aliphatic rings. The Morgan fingerprint density at radius 1 is 0.760 bits per heavy atom. The first kappa shape index (κ1) is 16.0. The summed E-state index contributed by atoms with van der Waals surface area (Å²) in [6.07, 6.45) is 2.16. The Bertz CT molecular complexity index is 1100. The Kier molecular flexibility index (Phi) is 3.68. The van der Waals surface area contributed by atoms with Crippen LogP contribution >= 0.6 is 0 Å². The molecule has 0 spiro atoms. The normalized spacial score (nSPS) is 12.6. The van der Waals surface area contributed by atoms with Crippen LogP contribution in [0.5, 0.6) is 0 Å². The third-order valence-corrected chi connectivity index (χ3v) is 4.24. The molecule has 126 valence electrons. The third-order valence-electron chi connectivity index (χ3n) is 4.24. The summed E-state index contributed by atoms with van der Waals surface area (Å²) in [4.78, 5) is 0. The van der Waals surface area contributed by atoms with Crippen molar-refractivity contribution in [2.24, 2.45) is 0 Å². The molecular weight excluding hydrogens is 342 g/mol. The fourth-order valence-corrected chi connectivity index (χ4v) is 3.43. The van der Waals surface area contributed by atoms with Gasteiger partial charge in [-0.2, -0.15) is 4.40 Å². The predicted octanol–water partition coefficient (Wildman–Crippen LogP) is 1.37. The minimum Gasteiger partial charge on any atom is -0.159 e. The summed E-state index contributed by atoms with van der Waals surface area (Å²) in [7, 11) is -4.19. The van der Waals surface area contributed by atoms with Gasteiger partial charge in [0.25, 0.3) is 0 Å². The average molecular weight is 357 g/mol. The molecule has 0 fully saturated rings. The third kappa shape index (κ3) is 2.84. The van der Waals surface area contributed by atoms with Crippen LogP contribution in [-0.4, -0.2) is 14.0 Å². The SMILES string of the molecule is [O-][Cl+](O)(O)O.c1ccc2c(c1)-c1cccc3cc4cccc[n+]4c-2c13. The quantitative estimate of drug-likeness (QED) is 0.289. The molecule has 6 heteroatoms. The van der Waals surface area contributed by atoms with Crippen molar-refractivity contribution < 1.29 is 33.3 Å². The standard InChI is InChI=1S/C19H12N.ClH3O4/c1-2-9-17-15(8-1)16-10-5-6-13-12-14-7-3-4-11-20(14)19(17)18(13)16;2-1(3,4)5/h1-12H;2-4H/q+1;. The second kappa shape index (κ2) is 5.77. The molecule has 2 aromatic heterocycles. The molecule has 0 amide bonds. The van der Waals surface area contributed by atoms with Gasteiger partial charge in [0.05, 0.1) is 10.9 Å². The number of nitrogens with zero attached hydrogens (tertiary/aromatic N) is 1. The zero-order valence-electron chi connectivity index (χ0n) is 13.0. The van der Waals surface area contributed by atoms with E-state index in [1.807, 2.05) is 0 Å². The van der Waals surface area contributed by atoms with Crippen molar-refractivity contribution in [1.29, 1.82) is 0 Å². The molecule has 1 aliphatic carbocycles. The second-order valence-electron chi connectivity index (χ2n) is 5.74. The fourth-order valence-electron chi connectivity index (χ4n) is 3.43. The number of aromatic nitrogens is 1. The molecule has 3 N–H and O–H groups in total. The van der Waals surface area contributed by atoms with Crippen molar-refractivity contribution in [3.8, 4) is 22.4 Å². The zero-order chi connectivity index (χ0) is 17.6. The maximum atomic E-state index is 8.83. The first-order chi connectivity index (χ1) is 11.9. The predicted molar refractivity (Wildman–Crippen MR) is 88.2 cm³/mol. The number of benzene rings is 2.